The number of thioether (sulfide) groups is 1. The predicted molar refractivity (Wildman–Crippen MR) is 149 cm³/mol. The Hall–Kier alpha value is -2.23. The van der Waals surface area contributed by atoms with Gasteiger partial charge in [-0.2, -0.15) is 0 Å². The van der Waals surface area contributed by atoms with E-state index in [4.69, 9.17) is 21.9 Å². The van der Waals surface area contributed by atoms with Crippen LogP contribution in [0.5, 0.6) is 0 Å². The Labute approximate surface area is 217 Å². The molecule has 1 atom stereocenters. The van der Waals surface area contributed by atoms with Crippen molar-refractivity contribution < 1.29 is 9.53 Å². The lowest BCUT2D eigenvalue weighted by Crippen LogP contribution is -2.33. The van der Waals surface area contributed by atoms with Crippen molar-refractivity contribution in [3.8, 4) is 0 Å². The molecule has 190 valence electrons. The summed E-state index contributed by atoms with van der Waals surface area (Å²) >= 11 is 6.82. The Morgan fingerprint density at radius 2 is 2.06 bits per heavy atom. The summed E-state index contributed by atoms with van der Waals surface area (Å²) in [5, 5.41) is 3.29. The maximum atomic E-state index is 13.5. The summed E-state index contributed by atoms with van der Waals surface area (Å²) in [5.74, 6) is 0.752. The van der Waals surface area contributed by atoms with Gasteiger partial charge in [0.15, 0.2) is 0 Å². The predicted octanol–water partition coefficient (Wildman–Crippen LogP) is 5.26. The SMILES string of the molecule is CCCCC(CC)CN1C(=O)C(=Cc2c(NCCCOCC)nc3c(C)cccn3c2=O)SC1=S. The third kappa shape index (κ3) is 6.71. The number of anilines is 1. The largest absolute Gasteiger partial charge is 0.382 e. The Morgan fingerprint density at radius 1 is 1.26 bits per heavy atom. The number of amides is 1. The van der Waals surface area contributed by atoms with Gasteiger partial charge in [-0.3, -0.25) is 18.9 Å². The van der Waals surface area contributed by atoms with Gasteiger partial charge in [-0.05, 0) is 50.3 Å². The summed E-state index contributed by atoms with van der Waals surface area (Å²) in [5.41, 5.74) is 1.64. The van der Waals surface area contributed by atoms with E-state index in [1.807, 2.05) is 26.0 Å². The topological polar surface area (TPSA) is 75.9 Å². The van der Waals surface area contributed by atoms with Gasteiger partial charge in [0.2, 0.25) is 0 Å². The molecule has 0 radical (unpaired) electrons. The van der Waals surface area contributed by atoms with Gasteiger partial charge in [-0.15, -0.1) is 0 Å². The number of carbonyl (C=O) groups is 1. The minimum absolute atomic E-state index is 0.133. The molecule has 1 unspecified atom stereocenters. The Bertz CT molecular complexity index is 1150. The third-order valence-corrected chi connectivity index (χ3v) is 7.56. The number of rotatable bonds is 13. The number of ether oxygens (including phenoxy) is 1. The minimum atomic E-state index is -0.217. The van der Waals surface area contributed by atoms with Gasteiger partial charge in [-0.1, -0.05) is 63.2 Å². The molecule has 9 heteroatoms. The molecule has 0 aliphatic carbocycles. The fourth-order valence-electron chi connectivity index (χ4n) is 4.07. The highest BCUT2D eigenvalue weighted by atomic mass is 32.2. The lowest BCUT2D eigenvalue weighted by Gasteiger charge is -2.21. The van der Waals surface area contributed by atoms with Crippen molar-refractivity contribution >= 4 is 51.7 Å². The molecular weight excluding hydrogens is 480 g/mol. The van der Waals surface area contributed by atoms with E-state index in [9.17, 15) is 9.59 Å². The molecule has 0 bridgehead atoms. The minimum Gasteiger partial charge on any atom is -0.382 e. The zero-order valence-electron chi connectivity index (χ0n) is 21.1. The van der Waals surface area contributed by atoms with E-state index >= 15 is 0 Å². The number of aryl methyl sites for hydroxylation is 1. The number of unbranched alkanes of at least 4 members (excludes halogenated alkanes) is 1. The lowest BCUT2D eigenvalue weighted by molar-refractivity contribution is -0.122. The van der Waals surface area contributed by atoms with Crippen molar-refractivity contribution in [2.75, 3.05) is 31.6 Å². The van der Waals surface area contributed by atoms with Gasteiger partial charge in [-0.25, -0.2) is 4.98 Å². The second kappa shape index (κ2) is 13.2. The summed E-state index contributed by atoms with van der Waals surface area (Å²) in [4.78, 5) is 33.7. The first-order valence-corrected chi connectivity index (χ1v) is 13.7. The zero-order valence-corrected chi connectivity index (χ0v) is 22.8. The van der Waals surface area contributed by atoms with Crippen LogP contribution in [-0.2, 0) is 9.53 Å². The van der Waals surface area contributed by atoms with Crippen molar-refractivity contribution in [1.82, 2.24) is 14.3 Å². The summed E-state index contributed by atoms with van der Waals surface area (Å²) in [7, 11) is 0. The molecule has 35 heavy (non-hydrogen) atoms. The lowest BCUT2D eigenvalue weighted by atomic mass is 9.99. The summed E-state index contributed by atoms with van der Waals surface area (Å²) < 4.78 is 7.50. The second-order valence-electron chi connectivity index (χ2n) is 8.75. The van der Waals surface area contributed by atoms with Crippen LogP contribution in [0.4, 0.5) is 5.82 Å². The average Bonchev–Trinajstić information content (AvgIpc) is 3.11. The molecule has 0 saturated carbocycles. The van der Waals surface area contributed by atoms with Gasteiger partial charge < -0.3 is 10.1 Å². The van der Waals surface area contributed by atoms with E-state index in [1.54, 1.807) is 17.2 Å². The molecule has 1 aliphatic rings. The monoisotopic (exact) mass is 516 g/mol. The van der Waals surface area contributed by atoms with Gasteiger partial charge >= 0.3 is 0 Å². The van der Waals surface area contributed by atoms with E-state index in [-0.39, 0.29) is 11.5 Å². The molecule has 1 fully saturated rings. The van der Waals surface area contributed by atoms with E-state index in [0.717, 1.165) is 37.7 Å². The summed E-state index contributed by atoms with van der Waals surface area (Å²) in [6.07, 6.45) is 8.49. The first-order chi connectivity index (χ1) is 16.9. The summed E-state index contributed by atoms with van der Waals surface area (Å²) in [6, 6.07) is 3.75. The number of thiocarbonyl (C=S) groups is 1. The number of carbonyl (C=O) groups excluding carboxylic acids is 1. The quantitative estimate of drug-likeness (QED) is 0.221. The van der Waals surface area contributed by atoms with Crippen molar-refractivity contribution in [2.24, 2.45) is 5.92 Å². The smallest absolute Gasteiger partial charge is 0.267 e. The van der Waals surface area contributed by atoms with Crippen LogP contribution < -0.4 is 10.9 Å². The van der Waals surface area contributed by atoms with Crippen LogP contribution in [0, 0.1) is 12.8 Å². The molecule has 7 nitrogen and oxygen atoms in total. The Kier molecular flexibility index (Phi) is 10.3. The molecule has 0 spiro atoms. The highest BCUT2D eigenvalue weighted by Crippen LogP contribution is 2.34. The van der Waals surface area contributed by atoms with Crippen molar-refractivity contribution in [3.05, 3.63) is 44.7 Å². The van der Waals surface area contributed by atoms with Crippen molar-refractivity contribution in [1.29, 1.82) is 0 Å². The van der Waals surface area contributed by atoms with Gasteiger partial charge in [0.1, 0.15) is 15.8 Å². The molecule has 2 aromatic rings. The molecule has 1 aliphatic heterocycles. The molecule has 0 aromatic carbocycles. The number of nitrogens with one attached hydrogen (secondary N) is 1. The maximum absolute atomic E-state index is 13.5. The van der Waals surface area contributed by atoms with Crippen molar-refractivity contribution in [3.63, 3.8) is 0 Å². The molecule has 1 saturated heterocycles. The Balaban J connectivity index is 1.93. The van der Waals surface area contributed by atoms with Crippen LogP contribution in [0.3, 0.4) is 0 Å². The van der Waals surface area contributed by atoms with Crippen LogP contribution in [0.25, 0.3) is 11.7 Å². The molecular formula is C26H36N4O3S2. The molecule has 3 rings (SSSR count). The van der Waals surface area contributed by atoms with Crippen LogP contribution in [0.1, 0.15) is 64.0 Å². The standard InChI is InChI=1S/C26H36N4O3S2/c1-5-8-12-19(6-2)17-30-25(32)21(35-26(30)34)16-20-22(27-13-10-15-33-7-3)28-23-18(4)11-9-14-29(23)24(20)31/h9,11,14,16,19,27H,5-8,10,12-13,15,17H2,1-4H3. The van der Waals surface area contributed by atoms with Crippen LogP contribution in [0.15, 0.2) is 28.0 Å². The normalized spacial score (nSPS) is 16.0. The van der Waals surface area contributed by atoms with E-state index in [2.05, 4.69) is 19.2 Å². The number of pyridine rings is 1. The highest BCUT2D eigenvalue weighted by Gasteiger charge is 2.33. The van der Waals surface area contributed by atoms with Gasteiger partial charge in [0, 0.05) is 32.5 Å². The number of aromatic nitrogens is 2. The highest BCUT2D eigenvalue weighted by molar-refractivity contribution is 8.26. The Morgan fingerprint density at radius 3 is 2.77 bits per heavy atom. The fourth-order valence-corrected chi connectivity index (χ4v) is 5.32. The first-order valence-electron chi connectivity index (χ1n) is 12.5. The first kappa shape index (κ1) is 27.4. The van der Waals surface area contributed by atoms with Crippen molar-refractivity contribution in [2.45, 2.75) is 59.8 Å². The van der Waals surface area contributed by atoms with Crippen LogP contribution in [0.2, 0.25) is 0 Å². The number of nitrogens with zero attached hydrogens (tertiary/aromatic N) is 3. The molecule has 1 N–H and O–H groups in total. The number of hydrogen-bond acceptors (Lipinski definition) is 7. The average molecular weight is 517 g/mol. The number of fused-ring (bicyclic) bond motifs is 1. The summed E-state index contributed by atoms with van der Waals surface area (Å²) in [6.45, 7) is 10.7. The van der Waals surface area contributed by atoms with Crippen LogP contribution in [-0.4, -0.2) is 50.8 Å². The van der Waals surface area contributed by atoms with E-state index < -0.39 is 0 Å². The molecule has 1 amide bonds. The van der Waals surface area contributed by atoms with E-state index in [0.29, 0.717) is 58.5 Å². The molecule has 3 heterocycles. The second-order valence-corrected chi connectivity index (χ2v) is 10.4. The van der Waals surface area contributed by atoms with Gasteiger partial charge in [0.25, 0.3) is 11.5 Å². The van der Waals surface area contributed by atoms with E-state index in [1.165, 1.54) is 16.2 Å². The molecule has 2 aromatic heterocycles. The van der Waals surface area contributed by atoms with Crippen LogP contribution >= 0.6 is 24.0 Å². The third-order valence-electron chi connectivity index (χ3n) is 6.18. The maximum Gasteiger partial charge on any atom is 0.267 e. The zero-order chi connectivity index (χ0) is 25.4. The fraction of sp³-hybridized carbons (Fsp3) is 0.538. The number of hydrogen-bond donors (Lipinski definition) is 1. The van der Waals surface area contributed by atoms with Gasteiger partial charge in [0.05, 0.1) is 10.5 Å².